The molecule has 0 saturated carbocycles. The van der Waals surface area contributed by atoms with Gasteiger partial charge in [0.2, 0.25) is 0 Å². The molecular weight excluding hydrogens is 877 g/mol. The molecule has 0 aliphatic carbocycles. The SMILES string of the molecule is CCCCC/C=C\C/C=C\C/C=C\C/C=C\CCCC(=O)O[C@H](COC(=O)CCCCCC/C=C\C/C=C\C/C=C\CCCCC)COC(=O)CCCCCCCC/C=C\C/C=C\C/C=C\CCCCC. The summed E-state index contributed by atoms with van der Waals surface area (Å²) in [5.41, 5.74) is 0. The third-order valence-corrected chi connectivity index (χ3v) is 11.9. The Bertz CT molecular complexity index is 1500. The van der Waals surface area contributed by atoms with Crippen molar-refractivity contribution in [1.82, 2.24) is 0 Å². The van der Waals surface area contributed by atoms with Crippen LogP contribution in [0.25, 0.3) is 0 Å². The molecule has 6 nitrogen and oxygen atoms in total. The van der Waals surface area contributed by atoms with Gasteiger partial charge in [-0.2, -0.15) is 0 Å². The highest BCUT2D eigenvalue weighted by Gasteiger charge is 2.19. The van der Waals surface area contributed by atoms with E-state index in [1.165, 1.54) is 89.9 Å². The second-order valence-corrected chi connectivity index (χ2v) is 18.8. The van der Waals surface area contributed by atoms with Crippen LogP contribution in [0.5, 0.6) is 0 Å². The number of carbonyl (C=O) groups is 3. The first-order valence-electron chi connectivity index (χ1n) is 29.0. The van der Waals surface area contributed by atoms with E-state index in [0.717, 1.165) is 116 Å². The van der Waals surface area contributed by atoms with Crippen molar-refractivity contribution in [3.63, 3.8) is 0 Å². The van der Waals surface area contributed by atoms with Crippen LogP contribution in [0.3, 0.4) is 0 Å². The number of unbranched alkanes of at least 4 members (excludes halogenated alkanes) is 20. The van der Waals surface area contributed by atoms with Crippen molar-refractivity contribution in [1.29, 1.82) is 0 Å². The second-order valence-electron chi connectivity index (χ2n) is 18.8. The molecule has 1 atom stereocenters. The quantitative estimate of drug-likeness (QED) is 0.0261. The Balaban J connectivity index is 4.55. The van der Waals surface area contributed by atoms with Crippen LogP contribution in [0, 0.1) is 0 Å². The van der Waals surface area contributed by atoms with Crippen LogP contribution in [0.2, 0.25) is 0 Å². The van der Waals surface area contributed by atoms with Gasteiger partial charge < -0.3 is 14.2 Å². The summed E-state index contributed by atoms with van der Waals surface area (Å²) in [7, 11) is 0. The first-order chi connectivity index (χ1) is 35.0. The standard InChI is InChI=1S/C65H106O6/c1-4-7-10-13-16-19-22-25-28-31-32-35-37-40-43-46-49-52-55-58-64(67)70-61-62(71-65(68)59-56-53-50-47-44-41-38-34-30-27-24-21-18-15-12-9-6-3)60-69-63(66)57-54-51-48-45-42-39-36-33-29-26-23-20-17-14-11-8-5-2/h16-21,25-30,32,35-36,38-39,41,47,50,62H,4-15,22-24,31,33-34,37,40,42-46,48-49,51-61H2,1-3H3/b19-16-,20-17-,21-18-,28-25-,29-26-,30-27-,35-32-,39-36-,41-38-,50-47-/t62-/m1/s1. The molecule has 0 aliphatic rings. The van der Waals surface area contributed by atoms with Gasteiger partial charge in [0.1, 0.15) is 13.2 Å². The van der Waals surface area contributed by atoms with Crippen LogP contribution < -0.4 is 0 Å². The summed E-state index contributed by atoms with van der Waals surface area (Å²) in [5.74, 6) is -1.01. The van der Waals surface area contributed by atoms with E-state index >= 15 is 0 Å². The second kappa shape index (κ2) is 58.4. The highest BCUT2D eigenvalue weighted by atomic mass is 16.6. The lowest BCUT2D eigenvalue weighted by Gasteiger charge is -2.18. The molecular formula is C65H106O6. The van der Waals surface area contributed by atoms with Crippen molar-refractivity contribution in [3.05, 3.63) is 122 Å². The van der Waals surface area contributed by atoms with Crippen LogP contribution >= 0.6 is 0 Å². The van der Waals surface area contributed by atoms with Gasteiger partial charge in [-0.3, -0.25) is 14.4 Å². The smallest absolute Gasteiger partial charge is 0.306 e. The van der Waals surface area contributed by atoms with Gasteiger partial charge in [0, 0.05) is 19.3 Å². The maximum absolute atomic E-state index is 12.8. The lowest BCUT2D eigenvalue weighted by atomic mass is 10.1. The Labute approximate surface area is 437 Å². The Hall–Kier alpha value is -4.19. The van der Waals surface area contributed by atoms with E-state index in [1.807, 2.05) is 0 Å². The third kappa shape index (κ3) is 56.6. The van der Waals surface area contributed by atoms with E-state index in [1.54, 1.807) is 0 Å². The number of hydrogen-bond donors (Lipinski definition) is 0. The van der Waals surface area contributed by atoms with E-state index in [-0.39, 0.29) is 37.5 Å². The molecule has 0 fully saturated rings. The summed E-state index contributed by atoms with van der Waals surface area (Å²) in [5, 5.41) is 0. The maximum atomic E-state index is 12.8. The maximum Gasteiger partial charge on any atom is 0.306 e. The van der Waals surface area contributed by atoms with E-state index in [9.17, 15) is 14.4 Å². The van der Waals surface area contributed by atoms with Crippen LogP contribution in [0.1, 0.15) is 252 Å². The van der Waals surface area contributed by atoms with Crippen LogP contribution in [0.15, 0.2) is 122 Å². The molecule has 0 radical (unpaired) electrons. The molecule has 0 amide bonds. The molecule has 0 aromatic rings. The Morgan fingerprint density at radius 3 is 0.831 bits per heavy atom. The Morgan fingerprint density at radius 1 is 0.282 bits per heavy atom. The molecule has 0 aliphatic heterocycles. The van der Waals surface area contributed by atoms with Crippen LogP contribution in [-0.2, 0) is 28.6 Å². The summed E-state index contributed by atoms with van der Waals surface area (Å²) in [6.07, 6.45) is 80.4. The predicted octanol–water partition coefficient (Wildman–Crippen LogP) is 19.6. The average Bonchev–Trinajstić information content (AvgIpc) is 3.37. The molecule has 402 valence electrons. The molecule has 0 N–H and O–H groups in total. The zero-order valence-electron chi connectivity index (χ0n) is 45.9. The zero-order chi connectivity index (χ0) is 51.4. The van der Waals surface area contributed by atoms with Gasteiger partial charge in [0.05, 0.1) is 0 Å². The molecule has 0 saturated heterocycles. The summed E-state index contributed by atoms with van der Waals surface area (Å²) < 4.78 is 16.8. The van der Waals surface area contributed by atoms with E-state index in [0.29, 0.717) is 19.3 Å². The molecule has 0 spiro atoms. The average molecular weight is 984 g/mol. The fourth-order valence-electron chi connectivity index (χ4n) is 7.51. The molecule has 0 bridgehead atoms. The lowest BCUT2D eigenvalue weighted by Crippen LogP contribution is -2.30. The highest BCUT2D eigenvalue weighted by Crippen LogP contribution is 2.13. The van der Waals surface area contributed by atoms with Gasteiger partial charge in [-0.1, -0.05) is 219 Å². The summed E-state index contributed by atoms with van der Waals surface area (Å²) in [6.45, 7) is 6.48. The van der Waals surface area contributed by atoms with Crippen molar-refractivity contribution in [2.75, 3.05) is 13.2 Å². The van der Waals surface area contributed by atoms with E-state index in [2.05, 4.69) is 142 Å². The number of allylic oxidation sites excluding steroid dienone is 20. The molecule has 71 heavy (non-hydrogen) atoms. The number of esters is 3. The topological polar surface area (TPSA) is 78.9 Å². The monoisotopic (exact) mass is 983 g/mol. The van der Waals surface area contributed by atoms with Crippen LogP contribution in [-0.4, -0.2) is 37.2 Å². The number of ether oxygens (including phenoxy) is 3. The third-order valence-electron chi connectivity index (χ3n) is 11.9. The largest absolute Gasteiger partial charge is 0.462 e. The number of carbonyl (C=O) groups excluding carboxylic acids is 3. The van der Waals surface area contributed by atoms with Crippen molar-refractivity contribution in [2.24, 2.45) is 0 Å². The summed E-state index contributed by atoms with van der Waals surface area (Å²) >= 11 is 0. The molecule has 0 unspecified atom stereocenters. The number of hydrogen-bond acceptors (Lipinski definition) is 6. The van der Waals surface area contributed by atoms with Crippen molar-refractivity contribution in [3.8, 4) is 0 Å². The molecule has 6 heteroatoms. The predicted molar refractivity (Wildman–Crippen MR) is 306 cm³/mol. The summed E-state index contributed by atoms with van der Waals surface area (Å²) in [4.78, 5) is 38.2. The Kier molecular flexibility index (Phi) is 54.9. The first kappa shape index (κ1) is 66.8. The van der Waals surface area contributed by atoms with E-state index in [4.69, 9.17) is 14.2 Å². The minimum absolute atomic E-state index is 0.117. The van der Waals surface area contributed by atoms with E-state index < -0.39 is 6.10 Å². The fraction of sp³-hybridized carbons (Fsp3) is 0.646. The van der Waals surface area contributed by atoms with Gasteiger partial charge in [-0.25, -0.2) is 0 Å². The lowest BCUT2D eigenvalue weighted by molar-refractivity contribution is -0.167. The normalized spacial score (nSPS) is 13.0. The van der Waals surface area contributed by atoms with Gasteiger partial charge in [0.25, 0.3) is 0 Å². The van der Waals surface area contributed by atoms with Gasteiger partial charge in [-0.15, -0.1) is 0 Å². The van der Waals surface area contributed by atoms with Gasteiger partial charge in [0.15, 0.2) is 6.10 Å². The molecule has 0 aromatic carbocycles. The zero-order valence-corrected chi connectivity index (χ0v) is 45.9. The molecule has 0 rings (SSSR count). The summed E-state index contributed by atoms with van der Waals surface area (Å²) in [6, 6.07) is 0. The first-order valence-corrected chi connectivity index (χ1v) is 29.0. The van der Waals surface area contributed by atoms with Crippen molar-refractivity contribution >= 4 is 17.9 Å². The van der Waals surface area contributed by atoms with Crippen molar-refractivity contribution < 1.29 is 28.6 Å². The number of rotatable bonds is 51. The van der Waals surface area contributed by atoms with Gasteiger partial charge in [-0.05, 0) is 135 Å². The van der Waals surface area contributed by atoms with Crippen molar-refractivity contribution in [2.45, 2.75) is 258 Å². The van der Waals surface area contributed by atoms with Gasteiger partial charge >= 0.3 is 17.9 Å². The van der Waals surface area contributed by atoms with Crippen LogP contribution in [0.4, 0.5) is 0 Å². The minimum Gasteiger partial charge on any atom is -0.462 e. The Morgan fingerprint density at radius 2 is 0.521 bits per heavy atom. The molecule has 0 heterocycles. The highest BCUT2D eigenvalue weighted by molar-refractivity contribution is 5.71. The molecule has 0 aromatic heterocycles. The minimum atomic E-state index is -0.826. The fourth-order valence-corrected chi connectivity index (χ4v) is 7.51.